The average Bonchev–Trinajstić information content (AvgIpc) is 3.08. The van der Waals surface area contributed by atoms with E-state index in [-0.39, 0.29) is 5.91 Å². The highest BCUT2D eigenvalue weighted by Gasteiger charge is 2.50. The van der Waals surface area contributed by atoms with Gasteiger partial charge in [-0.2, -0.15) is 0 Å². The van der Waals surface area contributed by atoms with Crippen molar-refractivity contribution in [2.24, 2.45) is 0 Å². The van der Waals surface area contributed by atoms with Crippen LogP contribution >= 0.6 is 0 Å². The number of amides is 1. The van der Waals surface area contributed by atoms with Crippen molar-refractivity contribution < 1.29 is 13.2 Å². The number of carbonyl (C=O) groups is 1. The first kappa shape index (κ1) is 12.9. The zero-order valence-corrected chi connectivity index (χ0v) is 11.2. The van der Waals surface area contributed by atoms with Crippen molar-refractivity contribution in [2.75, 3.05) is 11.0 Å². The van der Waals surface area contributed by atoms with E-state index in [1.165, 1.54) is 0 Å². The van der Waals surface area contributed by atoms with Gasteiger partial charge in [0.15, 0.2) is 0 Å². The van der Waals surface area contributed by atoms with Crippen LogP contribution in [0.1, 0.15) is 18.4 Å². The van der Waals surface area contributed by atoms with Crippen LogP contribution in [0.15, 0.2) is 24.3 Å². The van der Waals surface area contributed by atoms with E-state index >= 15 is 0 Å². The smallest absolute Gasteiger partial charge is 0.229 e. The largest absolute Gasteiger partial charge is 0.405 e. The first-order valence-electron chi connectivity index (χ1n) is 5.68. The molecule has 0 spiro atoms. The second kappa shape index (κ2) is 4.31. The van der Waals surface area contributed by atoms with Crippen LogP contribution in [0.5, 0.6) is 0 Å². The predicted molar refractivity (Wildman–Crippen MR) is 72.5 cm³/mol. The highest BCUT2D eigenvalue weighted by atomic mass is 32.2. The molecule has 0 radical (unpaired) electrons. The summed E-state index contributed by atoms with van der Waals surface area (Å²) in [6, 6.07) is 6.96. The van der Waals surface area contributed by atoms with Gasteiger partial charge in [-0.05, 0) is 30.5 Å². The van der Waals surface area contributed by atoms with Crippen molar-refractivity contribution in [3.8, 4) is 0 Å². The van der Waals surface area contributed by atoms with E-state index in [9.17, 15) is 13.2 Å². The van der Waals surface area contributed by atoms with Crippen LogP contribution in [0.4, 0.5) is 5.69 Å². The lowest BCUT2D eigenvalue weighted by molar-refractivity contribution is -0.121. The molecule has 0 unspecified atom stereocenters. The molecular weight excluding hydrogens is 251 g/mol. The van der Waals surface area contributed by atoms with E-state index in [0.29, 0.717) is 5.69 Å². The Hall–Kier alpha value is -1.50. The van der Waals surface area contributed by atoms with Gasteiger partial charge in [0, 0.05) is 5.69 Å². The molecule has 0 aromatic heterocycles. The number of carbonyl (C=O) groups excluding carboxylic acids is 1. The number of nitrogens with one attached hydrogen (secondary N) is 2. The normalized spacial score (nSPS) is 16.9. The minimum atomic E-state index is -3.26. The molecule has 1 aliphatic rings. The van der Waals surface area contributed by atoms with Crippen LogP contribution in [0, 0.1) is 0 Å². The Morgan fingerprint density at radius 3 is 2.22 bits per heavy atom. The predicted octanol–water partition coefficient (Wildman–Crippen LogP) is -0.246. The third-order valence-corrected chi connectivity index (χ3v) is 3.76. The van der Waals surface area contributed by atoms with Gasteiger partial charge in [0.2, 0.25) is 23.9 Å². The summed E-state index contributed by atoms with van der Waals surface area (Å²) in [5, 5.41) is 2.67. The number of benzene rings is 1. The van der Waals surface area contributed by atoms with Gasteiger partial charge < -0.3 is 5.23 Å². The monoisotopic (exact) mass is 266 g/mol. The summed E-state index contributed by atoms with van der Waals surface area (Å²) in [5.41, 5.74) is 1.04. The second-order valence-corrected chi connectivity index (χ2v) is 6.36. The topological polar surface area (TPSA) is 75.3 Å². The van der Waals surface area contributed by atoms with E-state index in [0.717, 1.165) is 24.7 Å². The summed E-state index contributed by atoms with van der Waals surface area (Å²) in [5.74, 6) is 0.0197. The van der Waals surface area contributed by atoms with Gasteiger partial charge in [0.25, 0.3) is 0 Å². The zero-order chi connectivity index (χ0) is 13.4. The lowest BCUT2D eigenvalue weighted by atomic mass is 9.94. The lowest BCUT2D eigenvalue weighted by Gasteiger charge is -2.14. The molecule has 0 saturated heterocycles. The average molecular weight is 266 g/mol. The molecule has 5 nitrogen and oxygen atoms in total. The summed E-state index contributed by atoms with van der Waals surface area (Å²) >= 11 is 0. The van der Waals surface area contributed by atoms with Crippen LogP contribution in [0.2, 0.25) is 0 Å². The van der Waals surface area contributed by atoms with Gasteiger partial charge in [-0.1, -0.05) is 12.1 Å². The Morgan fingerprint density at radius 1 is 1.28 bits per heavy atom. The number of hydrogen-bond donors (Lipinski definition) is 2. The standard InChI is InChI=1S/C11H15BN2O3S/c1-18(16,17)14-9-4-2-8(3-5-9)11(6-7-11)10(15)13-12/h2-5,14H,6-7,12H2,1H3,(H,13,15). The van der Waals surface area contributed by atoms with Crippen molar-refractivity contribution in [3.05, 3.63) is 29.8 Å². The fourth-order valence-corrected chi connectivity index (χ4v) is 2.65. The van der Waals surface area contributed by atoms with Gasteiger partial charge in [-0.25, -0.2) is 8.42 Å². The fraction of sp³-hybridized carbons (Fsp3) is 0.364. The summed E-state index contributed by atoms with van der Waals surface area (Å²) in [7, 11) is -1.63. The molecule has 1 aromatic rings. The number of sulfonamides is 1. The second-order valence-electron chi connectivity index (χ2n) is 4.61. The molecule has 0 heterocycles. The number of rotatable bonds is 4. The number of hydrogen-bond acceptors (Lipinski definition) is 3. The quantitative estimate of drug-likeness (QED) is 0.738. The van der Waals surface area contributed by atoms with Crippen LogP contribution in [-0.2, 0) is 20.2 Å². The summed E-state index contributed by atoms with van der Waals surface area (Å²) < 4.78 is 24.5. The molecule has 0 aliphatic heterocycles. The molecule has 1 saturated carbocycles. The van der Waals surface area contributed by atoms with E-state index in [1.54, 1.807) is 32.2 Å². The molecule has 0 atom stereocenters. The maximum Gasteiger partial charge on any atom is 0.229 e. The molecule has 7 heteroatoms. The molecule has 2 rings (SSSR count). The van der Waals surface area contributed by atoms with Gasteiger partial charge in [0.1, 0.15) is 0 Å². The molecule has 2 N–H and O–H groups in total. The molecule has 1 amide bonds. The minimum absolute atomic E-state index is 0.0197. The third-order valence-electron chi connectivity index (χ3n) is 3.15. The molecule has 18 heavy (non-hydrogen) atoms. The van der Waals surface area contributed by atoms with Crippen LogP contribution in [-0.4, -0.2) is 28.6 Å². The van der Waals surface area contributed by atoms with E-state index in [4.69, 9.17) is 0 Å². The van der Waals surface area contributed by atoms with Crippen molar-refractivity contribution >= 4 is 29.6 Å². The van der Waals surface area contributed by atoms with E-state index in [1.807, 2.05) is 0 Å². The summed E-state index contributed by atoms with van der Waals surface area (Å²) in [4.78, 5) is 11.8. The molecule has 1 aromatic carbocycles. The lowest BCUT2D eigenvalue weighted by Crippen LogP contribution is -2.32. The zero-order valence-electron chi connectivity index (χ0n) is 10.4. The van der Waals surface area contributed by atoms with Gasteiger partial charge in [0.05, 0.1) is 11.7 Å². The first-order chi connectivity index (χ1) is 8.37. The Kier molecular flexibility index (Phi) is 3.10. The Labute approximate surface area is 107 Å². The maximum atomic E-state index is 11.8. The van der Waals surface area contributed by atoms with Gasteiger partial charge in [-0.3, -0.25) is 9.52 Å². The minimum Gasteiger partial charge on any atom is -0.405 e. The molecule has 1 aliphatic carbocycles. The maximum absolute atomic E-state index is 11.8. The Balaban J connectivity index is 2.21. The highest BCUT2D eigenvalue weighted by Crippen LogP contribution is 2.48. The fourth-order valence-electron chi connectivity index (χ4n) is 2.08. The van der Waals surface area contributed by atoms with Crippen molar-refractivity contribution in [2.45, 2.75) is 18.3 Å². The van der Waals surface area contributed by atoms with Crippen LogP contribution < -0.4 is 9.95 Å². The summed E-state index contributed by atoms with van der Waals surface area (Å²) in [6.45, 7) is 0. The van der Waals surface area contributed by atoms with E-state index in [2.05, 4.69) is 9.95 Å². The van der Waals surface area contributed by atoms with Gasteiger partial charge >= 0.3 is 0 Å². The molecular formula is C11H15BN2O3S. The van der Waals surface area contributed by atoms with Crippen molar-refractivity contribution in [1.29, 1.82) is 0 Å². The summed E-state index contributed by atoms with van der Waals surface area (Å²) in [6.07, 6.45) is 2.78. The van der Waals surface area contributed by atoms with Crippen molar-refractivity contribution in [3.63, 3.8) is 0 Å². The molecule has 1 fully saturated rings. The van der Waals surface area contributed by atoms with E-state index < -0.39 is 15.4 Å². The molecule has 0 bridgehead atoms. The van der Waals surface area contributed by atoms with Crippen molar-refractivity contribution in [1.82, 2.24) is 5.23 Å². The van der Waals surface area contributed by atoms with Gasteiger partial charge in [-0.15, -0.1) is 0 Å². The molecule has 96 valence electrons. The first-order valence-corrected chi connectivity index (χ1v) is 7.57. The Morgan fingerprint density at radius 2 is 1.83 bits per heavy atom. The highest BCUT2D eigenvalue weighted by molar-refractivity contribution is 7.92. The Bertz CT molecular complexity index is 564. The number of anilines is 1. The van der Waals surface area contributed by atoms with Crippen LogP contribution in [0.3, 0.4) is 0 Å². The SMILES string of the molecule is BNC(=O)C1(c2ccc(NS(C)(=O)=O)cc2)CC1. The van der Waals surface area contributed by atoms with Crippen LogP contribution in [0.25, 0.3) is 0 Å². The third kappa shape index (κ3) is 2.50.